The molecule has 6 aromatic carbocycles. The second-order valence-electron chi connectivity index (χ2n) is 14.1. The highest BCUT2D eigenvalue weighted by Crippen LogP contribution is 2.43. The van der Waals surface area contributed by atoms with Crippen LogP contribution in [0, 0.1) is 48.1 Å². The molecule has 0 aliphatic heterocycles. The van der Waals surface area contributed by atoms with Crippen molar-refractivity contribution in [3.8, 4) is 33.9 Å². The highest BCUT2D eigenvalue weighted by molar-refractivity contribution is 6.12. The Morgan fingerprint density at radius 3 is 1.37 bits per heavy atom. The lowest BCUT2D eigenvalue weighted by molar-refractivity contribution is 0.928. The average Bonchev–Trinajstić information content (AvgIpc) is 3.61. The quantitative estimate of drug-likeness (QED) is 0.175. The summed E-state index contributed by atoms with van der Waals surface area (Å²) in [5.74, 6) is 1.99. The molecule has 6 nitrogen and oxygen atoms in total. The lowest BCUT2D eigenvalue weighted by Gasteiger charge is -2.20. The molecule has 3 aromatic heterocycles. The van der Waals surface area contributed by atoms with E-state index in [0.29, 0.717) is 23.2 Å². The maximum Gasteiger partial charge on any atom is 0.188 e. The number of nitrogens with zero attached hydrogens (tertiary/aromatic N) is 6. The van der Waals surface area contributed by atoms with Crippen LogP contribution in [0.3, 0.4) is 0 Å². The topological polar surface area (TPSA) is 52.9 Å². The van der Waals surface area contributed by atoms with E-state index in [4.69, 9.17) is 16.5 Å². The molecule has 0 aliphatic carbocycles. The van der Waals surface area contributed by atoms with Gasteiger partial charge in [0.25, 0.3) is 0 Å². The summed E-state index contributed by atoms with van der Waals surface area (Å²) in [4.78, 5) is 17.9. The molecule has 0 fully saturated rings. The molecular formula is C46H36N6. The highest BCUT2D eigenvalue weighted by Gasteiger charge is 2.22. The lowest BCUT2D eigenvalue weighted by Crippen LogP contribution is -2.03. The van der Waals surface area contributed by atoms with Crippen molar-refractivity contribution in [2.24, 2.45) is 0 Å². The fourth-order valence-electron chi connectivity index (χ4n) is 7.85. The summed E-state index contributed by atoms with van der Waals surface area (Å²) in [6.45, 7) is 20.5. The second kappa shape index (κ2) is 11.8. The molecule has 0 atom stereocenters. The van der Waals surface area contributed by atoms with E-state index in [0.717, 1.165) is 50.1 Å². The molecule has 0 amide bonds. The van der Waals surface area contributed by atoms with Crippen molar-refractivity contribution >= 4 is 49.3 Å². The minimum atomic E-state index is 0.582. The van der Waals surface area contributed by atoms with Crippen molar-refractivity contribution in [2.45, 2.75) is 41.5 Å². The molecule has 0 aliphatic rings. The molecule has 0 radical (unpaired) electrons. The Hall–Kier alpha value is -6.58. The third-order valence-corrected chi connectivity index (χ3v) is 10.1. The lowest BCUT2D eigenvalue weighted by atomic mass is 9.98. The third kappa shape index (κ3) is 4.97. The summed E-state index contributed by atoms with van der Waals surface area (Å²) in [5.41, 5.74) is 14.8. The number of hydrogen-bond donors (Lipinski definition) is 0. The number of fused-ring (bicyclic) bond motifs is 6. The molecule has 250 valence electrons. The fourth-order valence-corrected chi connectivity index (χ4v) is 7.85. The van der Waals surface area contributed by atoms with Crippen LogP contribution in [0.5, 0.6) is 0 Å². The Labute approximate surface area is 302 Å². The van der Waals surface area contributed by atoms with Gasteiger partial charge in [0, 0.05) is 32.7 Å². The van der Waals surface area contributed by atoms with Crippen molar-refractivity contribution < 1.29 is 0 Å². The van der Waals surface area contributed by atoms with E-state index >= 15 is 0 Å². The first kappa shape index (κ1) is 31.4. The first-order valence-electron chi connectivity index (χ1n) is 17.6. The standard InChI is InChI=1S/C46H36N6/c1-26-8-15-40-35(20-26)36-21-27(2)9-16-41(36)51(40)44-19-13-33(47-7)25-39(44)34-14-12-32(46-49-30(5)48-31(6)50-46)24-45(34)52-42-17-10-28(3)22-37(42)38-23-29(4)11-18-43(38)52/h8-25H,1-6H3. The van der Waals surface area contributed by atoms with Gasteiger partial charge in [0.1, 0.15) is 11.6 Å². The first-order valence-corrected chi connectivity index (χ1v) is 17.6. The number of benzene rings is 6. The highest BCUT2D eigenvalue weighted by atomic mass is 15.0. The fraction of sp³-hybridized carbons (Fsp3) is 0.130. The maximum atomic E-state index is 8.08. The normalized spacial score (nSPS) is 11.6. The van der Waals surface area contributed by atoms with Gasteiger partial charge in [0.2, 0.25) is 0 Å². The number of aromatic nitrogens is 5. The van der Waals surface area contributed by atoms with Gasteiger partial charge in [-0.1, -0.05) is 64.7 Å². The van der Waals surface area contributed by atoms with Crippen molar-refractivity contribution in [2.75, 3.05) is 0 Å². The van der Waals surface area contributed by atoms with Crippen molar-refractivity contribution in [1.82, 2.24) is 24.1 Å². The Bertz CT molecular complexity index is 2850. The van der Waals surface area contributed by atoms with Crippen LogP contribution in [0.1, 0.15) is 33.9 Å². The molecule has 9 rings (SSSR count). The number of hydrogen-bond acceptors (Lipinski definition) is 3. The van der Waals surface area contributed by atoms with Crippen LogP contribution in [0.25, 0.3) is 82.3 Å². The summed E-state index contributed by atoms with van der Waals surface area (Å²) in [5, 5.41) is 4.82. The zero-order valence-electron chi connectivity index (χ0n) is 30.1. The Kier molecular flexibility index (Phi) is 7.10. The third-order valence-electron chi connectivity index (χ3n) is 10.1. The van der Waals surface area contributed by atoms with Gasteiger partial charge in [0.05, 0.1) is 40.0 Å². The first-order chi connectivity index (χ1) is 25.2. The smallest absolute Gasteiger partial charge is 0.188 e. The molecule has 0 N–H and O–H groups in total. The summed E-state index contributed by atoms with van der Waals surface area (Å²) < 4.78 is 4.73. The molecular weight excluding hydrogens is 637 g/mol. The minimum Gasteiger partial charge on any atom is -0.309 e. The van der Waals surface area contributed by atoms with Gasteiger partial charge in [-0.3, -0.25) is 0 Å². The summed E-state index contributed by atoms with van der Waals surface area (Å²) in [6, 6.07) is 39.3. The molecule has 0 unspecified atom stereocenters. The van der Waals surface area contributed by atoms with Gasteiger partial charge in [-0.15, -0.1) is 0 Å². The number of rotatable bonds is 4. The predicted molar refractivity (Wildman–Crippen MR) is 214 cm³/mol. The summed E-state index contributed by atoms with van der Waals surface area (Å²) in [7, 11) is 0. The van der Waals surface area contributed by atoms with Crippen LogP contribution in [-0.2, 0) is 0 Å². The van der Waals surface area contributed by atoms with Crippen LogP contribution in [0.2, 0.25) is 0 Å². The molecule has 52 heavy (non-hydrogen) atoms. The van der Waals surface area contributed by atoms with Crippen molar-refractivity contribution in [3.63, 3.8) is 0 Å². The van der Waals surface area contributed by atoms with E-state index < -0.39 is 0 Å². The van der Waals surface area contributed by atoms with Crippen LogP contribution in [0.4, 0.5) is 5.69 Å². The van der Waals surface area contributed by atoms with E-state index in [-0.39, 0.29) is 0 Å². The van der Waals surface area contributed by atoms with E-state index in [9.17, 15) is 0 Å². The maximum absolute atomic E-state index is 8.08. The van der Waals surface area contributed by atoms with Gasteiger partial charge in [-0.05, 0) is 114 Å². The Morgan fingerprint density at radius 2 is 0.904 bits per heavy atom. The molecule has 0 spiro atoms. The summed E-state index contributed by atoms with van der Waals surface area (Å²) in [6.07, 6.45) is 0. The summed E-state index contributed by atoms with van der Waals surface area (Å²) >= 11 is 0. The minimum absolute atomic E-state index is 0.582. The van der Waals surface area contributed by atoms with Crippen molar-refractivity contribution in [1.29, 1.82) is 0 Å². The monoisotopic (exact) mass is 672 g/mol. The second-order valence-corrected chi connectivity index (χ2v) is 14.1. The van der Waals surface area contributed by atoms with E-state index in [1.807, 2.05) is 26.0 Å². The van der Waals surface area contributed by atoms with Crippen LogP contribution in [-0.4, -0.2) is 24.1 Å². The van der Waals surface area contributed by atoms with Gasteiger partial charge in [0.15, 0.2) is 11.5 Å². The van der Waals surface area contributed by atoms with Gasteiger partial charge in [-0.25, -0.2) is 19.8 Å². The molecule has 6 heteroatoms. The van der Waals surface area contributed by atoms with Gasteiger partial charge in [-0.2, -0.15) is 0 Å². The molecule has 0 bridgehead atoms. The van der Waals surface area contributed by atoms with Crippen molar-refractivity contribution in [3.05, 3.63) is 155 Å². The zero-order valence-corrected chi connectivity index (χ0v) is 30.1. The van der Waals surface area contributed by atoms with Gasteiger partial charge >= 0.3 is 0 Å². The van der Waals surface area contributed by atoms with E-state index in [2.05, 4.69) is 144 Å². The van der Waals surface area contributed by atoms with Crippen LogP contribution in [0.15, 0.2) is 109 Å². The zero-order chi connectivity index (χ0) is 35.8. The van der Waals surface area contributed by atoms with E-state index in [1.165, 1.54) is 43.8 Å². The van der Waals surface area contributed by atoms with Crippen LogP contribution >= 0.6 is 0 Å². The molecule has 9 aromatic rings. The average molecular weight is 673 g/mol. The SMILES string of the molecule is [C-]#[N+]c1ccc(-n2c3ccc(C)cc3c3cc(C)ccc32)c(-c2ccc(-c3nc(C)nc(C)n3)cc2-n2c3ccc(C)cc3c3cc(C)ccc32)c1. The Balaban J connectivity index is 1.43. The molecule has 3 heterocycles. The molecule has 0 saturated heterocycles. The predicted octanol–water partition coefficient (Wildman–Crippen LogP) is 11.8. The largest absolute Gasteiger partial charge is 0.309 e. The Morgan fingerprint density at radius 1 is 0.442 bits per heavy atom. The molecule has 0 saturated carbocycles. The van der Waals surface area contributed by atoms with Crippen LogP contribution < -0.4 is 0 Å². The van der Waals surface area contributed by atoms with Gasteiger partial charge < -0.3 is 9.13 Å². The number of aryl methyl sites for hydroxylation is 6. The van der Waals surface area contributed by atoms with E-state index in [1.54, 1.807) is 0 Å².